The smallest absolute Gasteiger partial charge is 0.244 e. The Morgan fingerprint density at radius 1 is 1.00 bits per heavy atom. The summed E-state index contributed by atoms with van der Waals surface area (Å²) in [7, 11) is 0. The number of rotatable bonds is 6. The van der Waals surface area contributed by atoms with Gasteiger partial charge in [-0.1, -0.05) is 48.5 Å². The van der Waals surface area contributed by atoms with E-state index in [1.165, 1.54) is 6.08 Å². The Kier molecular flexibility index (Phi) is 5.15. The second-order valence-electron chi connectivity index (χ2n) is 6.21. The summed E-state index contributed by atoms with van der Waals surface area (Å²) in [6.45, 7) is 0.352. The van der Waals surface area contributed by atoms with Crippen molar-refractivity contribution in [3.05, 3.63) is 103 Å². The second kappa shape index (κ2) is 8.22. The Bertz CT molecular complexity index is 1070. The monoisotopic (exact) mass is 369 g/mol. The third-order valence-corrected chi connectivity index (χ3v) is 4.24. The molecule has 0 radical (unpaired) electrons. The van der Waals surface area contributed by atoms with Crippen LogP contribution in [0.1, 0.15) is 11.3 Å². The molecule has 138 valence electrons. The van der Waals surface area contributed by atoms with Gasteiger partial charge in [0.25, 0.3) is 0 Å². The first kappa shape index (κ1) is 17.5. The van der Waals surface area contributed by atoms with E-state index in [4.69, 9.17) is 9.52 Å². The lowest BCUT2D eigenvalue weighted by Crippen LogP contribution is -2.19. The zero-order chi connectivity index (χ0) is 19.2. The van der Waals surface area contributed by atoms with Crippen molar-refractivity contribution in [2.75, 3.05) is 0 Å². The van der Waals surface area contributed by atoms with Gasteiger partial charge in [0.1, 0.15) is 5.76 Å². The van der Waals surface area contributed by atoms with Gasteiger partial charge in [-0.05, 0) is 30.3 Å². The number of hydrogen-bond acceptors (Lipinski definition) is 3. The summed E-state index contributed by atoms with van der Waals surface area (Å²) < 4.78 is 7.05. The fourth-order valence-electron chi connectivity index (χ4n) is 2.85. The van der Waals surface area contributed by atoms with Crippen LogP contribution in [0.5, 0.6) is 0 Å². The zero-order valence-electron chi connectivity index (χ0n) is 15.2. The number of nitrogens with zero attached hydrogens (tertiary/aromatic N) is 2. The van der Waals surface area contributed by atoms with Gasteiger partial charge in [0, 0.05) is 23.4 Å². The van der Waals surface area contributed by atoms with E-state index in [9.17, 15) is 4.79 Å². The maximum absolute atomic E-state index is 12.2. The van der Waals surface area contributed by atoms with Crippen LogP contribution in [0.15, 0.2) is 95.7 Å². The fraction of sp³-hybridized carbons (Fsp3) is 0.0435. The van der Waals surface area contributed by atoms with E-state index in [-0.39, 0.29) is 5.91 Å². The number of carbonyl (C=O) groups is 1. The molecule has 0 atom stereocenters. The van der Waals surface area contributed by atoms with Gasteiger partial charge >= 0.3 is 0 Å². The number of benzene rings is 2. The first-order valence-corrected chi connectivity index (χ1v) is 8.98. The topological polar surface area (TPSA) is 60.1 Å². The van der Waals surface area contributed by atoms with Gasteiger partial charge in [-0.3, -0.25) is 4.79 Å². The maximum atomic E-state index is 12.2. The van der Waals surface area contributed by atoms with Crippen LogP contribution < -0.4 is 5.32 Å². The van der Waals surface area contributed by atoms with Gasteiger partial charge in [-0.25, -0.2) is 4.68 Å². The maximum Gasteiger partial charge on any atom is 0.244 e. The molecule has 2 aromatic heterocycles. The molecule has 4 aromatic rings. The summed E-state index contributed by atoms with van der Waals surface area (Å²) in [6, 6.07) is 23.4. The molecule has 0 saturated heterocycles. The van der Waals surface area contributed by atoms with Crippen molar-refractivity contribution in [2.24, 2.45) is 0 Å². The predicted molar refractivity (Wildman–Crippen MR) is 109 cm³/mol. The average molecular weight is 369 g/mol. The number of furan rings is 1. The van der Waals surface area contributed by atoms with Crippen LogP contribution in [0.3, 0.4) is 0 Å². The molecule has 5 nitrogen and oxygen atoms in total. The van der Waals surface area contributed by atoms with Crippen molar-refractivity contribution < 1.29 is 9.21 Å². The van der Waals surface area contributed by atoms with Crippen molar-refractivity contribution >= 4 is 12.0 Å². The third kappa shape index (κ3) is 4.10. The molecule has 2 heterocycles. The highest BCUT2D eigenvalue weighted by atomic mass is 16.3. The first-order valence-electron chi connectivity index (χ1n) is 8.98. The Morgan fingerprint density at radius 3 is 2.46 bits per heavy atom. The van der Waals surface area contributed by atoms with Gasteiger partial charge < -0.3 is 9.73 Å². The Labute approximate surface area is 162 Å². The highest BCUT2D eigenvalue weighted by Crippen LogP contribution is 2.24. The van der Waals surface area contributed by atoms with Crippen LogP contribution in [0.2, 0.25) is 0 Å². The van der Waals surface area contributed by atoms with Crippen molar-refractivity contribution in [1.29, 1.82) is 0 Å². The molecule has 0 aliphatic heterocycles. The molecule has 0 saturated carbocycles. The molecule has 0 bridgehead atoms. The Hall–Kier alpha value is -3.86. The van der Waals surface area contributed by atoms with Crippen LogP contribution in [-0.4, -0.2) is 15.7 Å². The van der Waals surface area contributed by atoms with Crippen molar-refractivity contribution in [3.8, 4) is 16.9 Å². The molecule has 28 heavy (non-hydrogen) atoms. The lowest BCUT2D eigenvalue weighted by molar-refractivity contribution is -0.116. The second-order valence-corrected chi connectivity index (χ2v) is 6.21. The molecule has 0 aliphatic carbocycles. The van der Waals surface area contributed by atoms with E-state index in [0.717, 1.165) is 22.5 Å². The van der Waals surface area contributed by atoms with Crippen LogP contribution in [0.25, 0.3) is 23.0 Å². The van der Waals surface area contributed by atoms with Crippen LogP contribution in [0, 0.1) is 0 Å². The van der Waals surface area contributed by atoms with E-state index in [2.05, 4.69) is 5.32 Å². The predicted octanol–water partition coefficient (Wildman–Crippen LogP) is 4.46. The largest absolute Gasteiger partial charge is 0.467 e. The minimum Gasteiger partial charge on any atom is -0.467 e. The van der Waals surface area contributed by atoms with Gasteiger partial charge in [0.05, 0.1) is 24.2 Å². The SMILES string of the molecule is O=C(/C=C/c1cn(-c2ccccc2)nc1-c1ccccc1)NCc1ccco1. The number of amides is 1. The number of hydrogen-bond donors (Lipinski definition) is 1. The normalized spacial score (nSPS) is 11.0. The standard InChI is InChI=1S/C23H19N3O2/c27-22(24-16-21-12-7-15-28-21)14-13-19-17-26(20-10-5-2-6-11-20)25-23(19)18-8-3-1-4-9-18/h1-15,17H,16H2,(H,24,27)/b14-13+. The summed E-state index contributed by atoms with van der Waals surface area (Å²) >= 11 is 0. The average Bonchev–Trinajstić information content (AvgIpc) is 3.42. The summed E-state index contributed by atoms with van der Waals surface area (Å²) in [5.41, 5.74) is 3.64. The van der Waals surface area contributed by atoms with Gasteiger partial charge in [0.15, 0.2) is 0 Å². The van der Waals surface area contributed by atoms with Crippen LogP contribution >= 0.6 is 0 Å². The number of nitrogens with one attached hydrogen (secondary N) is 1. The molecule has 5 heteroatoms. The van der Waals surface area contributed by atoms with Crippen LogP contribution in [-0.2, 0) is 11.3 Å². The molecule has 1 N–H and O–H groups in total. The van der Waals surface area contributed by atoms with E-state index < -0.39 is 0 Å². The molecule has 2 aromatic carbocycles. The molecule has 0 spiro atoms. The Balaban J connectivity index is 1.59. The lowest BCUT2D eigenvalue weighted by atomic mass is 10.1. The minimum atomic E-state index is -0.192. The molecule has 0 fully saturated rings. The highest BCUT2D eigenvalue weighted by molar-refractivity contribution is 5.92. The molecule has 0 aliphatic rings. The Morgan fingerprint density at radius 2 is 1.75 bits per heavy atom. The van der Waals surface area contributed by atoms with Crippen LogP contribution in [0.4, 0.5) is 0 Å². The lowest BCUT2D eigenvalue weighted by Gasteiger charge is -2.00. The van der Waals surface area contributed by atoms with E-state index >= 15 is 0 Å². The summed E-state index contributed by atoms with van der Waals surface area (Å²) in [5, 5.41) is 7.54. The molecular formula is C23H19N3O2. The zero-order valence-corrected chi connectivity index (χ0v) is 15.2. The van der Waals surface area contributed by atoms with Crippen molar-refractivity contribution in [3.63, 3.8) is 0 Å². The van der Waals surface area contributed by atoms with E-state index in [0.29, 0.717) is 12.3 Å². The molecular weight excluding hydrogens is 350 g/mol. The fourth-order valence-corrected chi connectivity index (χ4v) is 2.85. The van der Waals surface area contributed by atoms with Gasteiger partial charge in [-0.2, -0.15) is 5.10 Å². The molecule has 0 unspecified atom stereocenters. The summed E-state index contributed by atoms with van der Waals surface area (Å²) in [4.78, 5) is 12.2. The molecule has 1 amide bonds. The quantitative estimate of drug-likeness (QED) is 0.511. The summed E-state index contributed by atoms with van der Waals surface area (Å²) in [5.74, 6) is 0.520. The van der Waals surface area contributed by atoms with Gasteiger partial charge in [0.2, 0.25) is 5.91 Å². The van der Waals surface area contributed by atoms with E-state index in [1.807, 2.05) is 77.6 Å². The van der Waals surface area contributed by atoms with Crippen molar-refractivity contribution in [1.82, 2.24) is 15.1 Å². The van der Waals surface area contributed by atoms with E-state index in [1.54, 1.807) is 18.4 Å². The number of carbonyl (C=O) groups excluding carboxylic acids is 1. The minimum absolute atomic E-state index is 0.192. The summed E-state index contributed by atoms with van der Waals surface area (Å²) in [6.07, 6.45) is 6.81. The first-order chi connectivity index (χ1) is 13.8. The van der Waals surface area contributed by atoms with Gasteiger partial charge in [-0.15, -0.1) is 0 Å². The third-order valence-electron chi connectivity index (χ3n) is 4.24. The van der Waals surface area contributed by atoms with Crippen molar-refractivity contribution in [2.45, 2.75) is 6.54 Å². The molecule has 4 rings (SSSR count). The number of aromatic nitrogens is 2. The number of para-hydroxylation sites is 1. The highest BCUT2D eigenvalue weighted by Gasteiger charge is 2.10.